The van der Waals surface area contributed by atoms with Crippen LogP contribution in [-0.4, -0.2) is 25.5 Å². The fourth-order valence-electron chi connectivity index (χ4n) is 3.23. The zero-order chi connectivity index (χ0) is 20.5. The van der Waals surface area contributed by atoms with Gasteiger partial charge in [-0.15, -0.1) is 0 Å². The number of hydrogen-bond donors (Lipinski definition) is 1. The first-order chi connectivity index (χ1) is 13.9. The summed E-state index contributed by atoms with van der Waals surface area (Å²) in [6.45, 7) is 1.87. The molecule has 4 rings (SSSR count). The Labute approximate surface area is 165 Å². The summed E-state index contributed by atoms with van der Waals surface area (Å²) in [6.07, 6.45) is -0.848. The number of aromatic nitrogens is 4. The average molecular weight is 403 g/mol. The van der Waals surface area contributed by atoms with Crippen molar-refractivity contribution in [3.05, 3.63) is 64.9 Å². The summed E-state index contributed by atoms with van der Waals surface area (Å²) < 4.78 is 42.7. The van der Waals surface area contributed by atoms with Crippen LogP contribution in [0.4, 0.5) is 19.0 Å². The molecule has 0 radical (unpaired) electrons. The third kappa shape index (κ3) is 4.33. The van der Waals surface area contributed by atoms with Gasteiger partial charge in [0.2, 0.25) is 5.91 Å². The number of nitrogens with zero attached hydrogens (tertiary/aromatic N) is 4. The highest BCUT2D eigenvalue weighted by Gasteiger charge is 2.30. The molecule has 1 aliphatic carbocycles. The molecule has 9 heteroatoms. The summed E-state index contributed by atoms with van der Waals surface area (Å²) in [5, 5.41) is 10.8. The summed E-state index contributed by atoms with van der Waals surface area (Å²) in [5.41, 5.74) is 1.59. The number of carbonyl (C=O) groups excluding carboxylic acids is 1. The van der Waals surface area contributed by atoms with Crippen molar-refractivity contribution in [2.24, 2.45) is 0 Å². The Kier molecular flexibility index (Phi) is 5.12. The van der Waals surface area contributed by atoms with Crippen molar-refractivity contribution in [2.45, 2.75) is 45.2 Å². The molecule has 2 aromatic heterocycles. The monoisotopic (exact) mass is 403 g/mol. The Morgan fingerprint density at radius 3 is 2.66 bits per heavy atom. The van der Waals surface area contributed by atoms with E-state index in [1.54, 1.807) is 35.9 Å². The van der Waals surface area contributed by atoms with Gasteiger partial charge in [0.15, 0.2) is 5.82 Å². The minimum absolute atomic E-state index is 0.169. The maximum atomic E-state index is 13.9. The second-order valence-corrected chi connectivity index (χ2v) is 7.19. The largest absolute Gasteiger partial charge is 0.308 e. The van der Waals surface area contributed by atoms with E-state index < -0.39 is 12.3 Å². The van der Waals surface area contributed by atoms with E-state index in [-0.39, 0.29) is 30.5 Å². The van der Waals surface area contributed by atoms with Crippen LogP contribution in [0.15, 0.2) is 36.4 Å². The Balaban J connectivity index is 1.45. The summed E-state index contributed by atoms with van der Waals surface area (Å²) in [6, 6.07) is 9.47. The van der Waals surface area contributed by atoms with Crippen LogP contribution in [-0.2, 0) is 17.9 Å². The van der Waals surface area contributed by atoms with Gasteiger partial charge in [-0.25, -0.2) is 13.2 Å². The van der Waals surface area contributed by atoms with Crippen molar-refractivity contribution in [2.75, 3.05) is 5.32 Å². The summed E-state index contributed by atoms with van der Waals surface area (Å²) in [7, 11) is 0. The van der Waals surface area contributed by atoms with Crippen LogP contribution >= 0.6 is 0 Å². The molecule has 0 aliphatic heterocycles. The minimum Gasteiger partial charge on any atom is -0.308 e. The normalized spacial score (nSPS) is 13.8. The highest BCUT2D eigenvalue weighted by Crippen LogP contribution is 2.41. The van der Waals surface area contributed by atoms with Gasteiger partial charge in [0.05, 0.1) is 6.54 Å². The summed E-state index contributed by atoms with van der Waals surface area (Å²) in [4.78, 5) is 12.4. The molecule has 0 unspecified atom stereocenters. The third-order valence-corrected chi connectivity index (χ3v) is 4.87. The van der Waals surface area contributed by atoms with Gasteiger partial charge >= 0.3 is 0 Å². The Morgan fingerprint density at radius 1 is 1.21 bits per heavy atom. The van der Waals surface area contributed by atoms with Crippen LogP contribution in [0.1, 0.15) is 47.8 Å². The molecule has 1 amide bonds. The third-order valence-electron chi connectivity index (χ3n) is 4.87. The molecular formula is C20H20F3N5O. The number of benzene rings is 1. The maximum absolute atomic E-state index is 13.9. The number of anilines is 1. The highest BCUT2D eigenvalue weighted by molar-refractivity contribution is 5.89. The molecule has 0 atom stereocenters. The van der Waals surface area contributed by atoms with E-state index >= 15 is 0 Å². The van der Waals surface area contributed by atoms with Gasteiger partial charge < -0.3 is 5.32 Å². The molecule has 0 spiro atoms. The van der Waals surface area contributed by atoms with E-state index in [0.29, 0.717) is 17.1 Å². The number of amides is 1. The van der Waals surface area contributed by atoms with Crippen molar-refractivity contribution in [3.8, 4) is 0 Å². The molecule has 1 N–H and O–H groups in total. The predicted octanol–water partition coefficient (Wildman–Crippen LogP) is 4.03. The van der Waals surface area contributed by atoms with Gasteiger partial charge in [-0.1, -0.05) is 18.2 Å². The average Bonchev–Trinajstić information content (AvgIpc) is 3.33. The van der Waals surface area contributed by atoms with E-state index in [0.717, 1.165) is 18.5 Å². The lowest BCUT2D eigenvalue weighted by Crippen LogP contribution is -2.21. The van der Waals surface area contributed by atoms with Crippen LogP contribution in [0.3, 0.4) is 0 Å². The number of halogens is 3. The molecule has 3 aromatic rings. The Hall–Kier alpha value is -3.10. The van der Waals surface area contributed by atoms with E-state index in [1.165, 1.54) is 16.8 Å². The lowest BCUT2D eigenvalue weighted by atomic mass is 10.2. The first-order valence-corrected chi connectivity index (χ1v) is 9.34. The zero-order valence-corrected chi connectivity index (χ0v) is 15.8. The van der Waals surface area contributed by atoms with Crippen molar-refractivity contribution in [1.82, 2.24) is 19.6 Å². The number of rotatable bonds is 7. The van der Waals surface area contributed by atoms with Crippen LogP contribution in [0, 0.1) is 12.7 Å². The van der Waals surface area contributed by atoms with Crippen LogP contribution in [0.25, 0.3) is 0 Å². The molecule has 0 bridgehead atoms. The second kappa shape index (κ2) is 7.73. The van der Waals surface area contributed by atoms with Crippen LogP contribution < -0.4 is 5.32 Å². The minimum atomic E-state index is -2.67. The van der Waals surface area contributed by atoms with Gasteiger partial charge in [-0.3, -0.25) is 14.2 Å². The molecule has 152 valence electrons. The molecule has 6 nitrogen and oxygen atoms in total. The lowest BCUT2D eigenvalue weighted by Gasteiger charge is -2.07. The van der Waals surface area contributed by atoms with E-state index in [1.807, 2.05) is 0 Å². The van der Waals surface area contributed by atoms with E-state index in [9.17, 15) is 18.0 Å². The maximum Gasteiger partial charge on any atom is 0.282 e. The van der Waals surface area contributed by atoms with Crippen LogP contribution in [0.5, 0.6) is 0 Å². The molecular weight excluding hydrogens is 383 g/mol. The van der Waals surface area contributed by atoms with Gasteiger partial charge in [0.1, 0.15) is 18.1 Å². The number of aryl methyl sites for hydroxylation is 1. The molecule has 0 saturated heterocycles. The lowest BCUT2D eigenvalue weighted by molar-refractivity contribution is -0.117. The smallest absolute Gasteiger partial charge is 0.282 e. The molecule has 1 saturated carbocycles. The SMILES string of the molecule is Cc1cc(NC(=O)Cn2nc(C(F)F)cc2C2CC2)nn1Cc1ccccc1F. The van der Waals surface area contributed by atoms with E-state index in [4.69, 9.17) is 0 Å². The van der Waals surface area contributed by atoms with Crippen molar-refractivity contribution < 1.29 is 18.0 Å². The molecule has 1 fully saturated rings. The topological polar surface area (TPSA) is 64.7 Å². The first-order valence-electron chi connectivity index (χ1n) is 9.34. The number of hydrogen-bond acceptors (Lipinski definition) is 3. The second-order valence-electron chi connectivity index (χ2n) is 7.19. The van der Waals surface area contributed by atoms with E-state index in [2.05, 4.69) is 15.5 Å². The van der Waals surface area contributed by atoms with Crippen LogP contribution in [0.2, 0.25) is 0 Å². The highest BCUT2D eigenvalue weighted by atomic mass is 19.3. The molecule has 1 aromatic carbocycles. The number of carbonyl (C=O) groups is 1. The number of nitrogens with one attached hydrogen (secondary N) is 1. The molecule has 1 aliphatic rings. The van der Waals surface area contributed by atoms with Crippen molar-refractivity contribution >= 4 is 11.7 Å². The van der Waals surface area contributed by atoms with Crippen molar-refractivity contribution in [3.63, 3.8) is 0 Å². The van der Waals surface area contributed by atoms with Crippen molar-refractivity contribution in [1.29, 1.82) is 0 Å². The zero-order valence-electron chi connectivity index (χ0n) is 15.8. The Bertz CT molecular complexity index is 1040. The Morgan fingerprint density at radius 2 is 1.97 bits per heavy atom. The fourth-order valence-corrected chi connectivity index (χ4v) is 3.23. The summed E-state index contributed by atoms with van der Waals surface area (Å²) in [5.74, 6) is -0.233. The van der Waals surface area contributed by atoms with Gasteiger partial charge in [-0.2, -0.15) is 10.2 Å². The standard InChI is InChI=1S/C20H20F3N5O/c1-12-8-18(26-27(12)10-14-4-2-3-5-15(14)21)24-19(29)11-28-17(13-6-7-13)9-16(25-28)20(22)23/h2-5,8-9,13,20H,6-7,10-11H2,1H3,(H,24,26,29). The van der Waals surface area contributed by atoms with Gasteiger partial charge in [0.25, 0.3) is 6.43 Å². The van der Waals surface area contributed by atoms with Gasteiger partial charge in [-0.05, 0) is 31.9 Å². The quantitative estimate of drug-likeness (QED) is 0.648. The first kappa shape index (κ1) is 19.2. The predicted molar refractivity (Wildman–Crippen MR) is 100 cm³/mol. The number of alkyl halides is 2. The van der Waals surface area contributed by atoms with Gasteiger partial charge in [0, 0.05) is 28.9 Å². The molecule has 29 heavy (non-hydrogen) atoms. The molecule has 2 heterocycles. The summed E-state index contributed by atoms with van der Waals surface area (Å²) >= 11 is 0. The fraction of sp³-hybridized carbons (Fsp3) is 0.350.